The molecule has 0 spiro atoms. The second-order valence-electron chi connectivity index (χ2n) is 4.27. The number of aromatic amines is 1. The number of H-pyrrole nitrogens is 1. The fourth-order valence-corrected chi connectivity index (χ4v) is 2.25. The minimum absolute atomic E-state index is 0.172. The quantitative estimate of drug-likeness (QED) is 0.767. The van der Waals surface area contributed by atoms with Crippen molar-refractivity contribution in [3.05, 3.63) is 69.4 Å². The molecule has 0 amide bonds. The van der Waals surface area contributed by atoms with Crippen LogP contribution in [0, 0.1) is 5.82 Å². The summed E-state index contributed by atoms with van der Waals surface area (Å²) in [5.41, 5.74) is 1.54. The molecule has 2 aromatic carbocycles. The van der Waals surface area contributed by atoms with Crippen molar-refractivity contribution in [1.29, 1.82) is 0 Å². The van der Waals surface area contributed by atoms with Crippen molar-refractivity contribution in [2.24, 2.45) is 0 Å². The van der Waals surface area contributed by atoms with Crippen LogP contribution in [0.25, 0.3) is 11.0 Å². The van der Waals surface area contributed by atoms with Gasteiger partial charge in [-0.2, -0.15) is 0 Å². The van der Waals surface area contributed by atoms with Crippen LogP contribution in [0.15, 0.2) is 47.3 Å². The molecule has 5 heteroatoms. The summed E-state index contributed by atoms with van der Waals surface area (Å²) in [6.45, 7) is 0.172. The number of nitrogens with zero attached hydrogens (tertiary/aromatic N) is 1. The number of nitrogens with one attached hydrogen (secondary N) is 1. The Morgan fingerprint density at radius 1 is 1.21 bits per heavy atom. The number of hydrogen-bond donors (Lipinski definition) is 1. The van der Waals surface area contributed by atoms with Gasteiger partial charge in [0, 0.05) is 10.6 Å². The maximum atomic E-state index is 13.6. The molecule has 0 aliphatic carbocycles. The number of rotatable bonds is 2. The van der Waals surface area contributed by atoms with Crippen molar-refractivity contribution < 1.29 is 4.39 Å². The minimum Gasteiger partial charge on any atom is -0.306 e. The Labute approximate surface area is 113 Å². The molecule has 0 radical (unpaired) electrons. The van der Waals surface area contributed by atoms with Gasteiger partial charge in [0.25, 0.3) is 0 Å². The topological polar surface area (TPSA) is 37.8 Å². The van der Waals surface area contributed by atoms with Crippen LogP contribution in [0.3, 0.4) is 0 Å². The predicted octanol–water partition coefficient (Wildman–Crippen LogP) is 3.17. The Balaban J connectivity index is 2.15. The molecule has 0 atom stereocenters. The van der Waals surface area contributed by atoms with E-state index in [1.54, 1.807) is 36.4 Å². The van der Waals surface area contributed by atoms with Crippen molar-refractivity contribution in [1.82, 2.24) is 9.55 Å². The Kier molecular flexibility index (Phi) is 2.87. The largest absolute Gasteiger partial charge is 0.326 e. The van der Waals surface area contributed by atoms with Crippen molar-refractivity contribution in [3.8, 4) is 0 Å². The van der Waals surface area contributed by atoms with Crippen LogP contribution >= 0.6 is 11.6 Å². The van der Waals surface area contributed by atoms with Gasteiger partial charge in [-0.25, -0.2) is 9.18 Å². The number of halogens is 2. The van der Waals surface area contributed by atoms with Crippen molar-refractivity contribution in [2.45, 2.75) is 6.54 Å². The summed E-state index contributed by atoms with van der Waals surface area (Å²) in [4.78, 5) is 14.6. The number of hydrogen-bond acceptors (Lipinski definition) is 1. The SMILES string of the molecule is O=c1[nH]c2ccc(Cl)cc2n1Cc1ccccc1F. The molecular weight excluding hydrogens is 267 g/mol. The molecule has 1 N–H and O–H groups in total. The monoisotopic (exact) mass is 276 g/mol. The summed E-state index contributed by atoms with van der Waals surface area (Å²) in [5.74, 6) is -0.328. The lowest BCUT2D eigenvalue weighted by Crippen LogP contribution is -2.17. The van der Waals surface area contributed by atoms with Gasteiger partial charge in [-0.1, -0.05) is 29.8 Å². The third kappa shape index (κ3) is 2.15. The van der Waals surface area contributed by atoms with Gasteiger partial charge in [0.1, 0.15) is 5.82 Å². The van der Waals surface area contributed by atoms with Gasteiger partial charge in [0.15, 0.2) is 0 Å². The standard InChI is InChI=1S/C14H10ClFN2O/c15-10-5-6-12-13(7-10)18(14(19)17-12)8-9-3-1-2-4-11(9)16/h1-7H,8H2,(H,17,19). The maximum absolute atomic E-state index is 13.6. The molecule has 0 unspecified atom stereocenters. The molecule has 19 heavy (non-hydrogen) atoms. The fourth-order valence-electron chi connectivity index (χ4n) is 2.08. The smallest absolute Gasteiger partial charge is 0.306 e. The molecule has 3 nitrogen and oxygen atoms in total. The van der Waals surface area contributed by atoms with Crippen molar-refractivity contribution in [3.63, 3.8) is 0 Å². The van der Waals surface area contributed by atoms with E-state index in [2.05, 4.69) is 4.98 Å². The van der Waals surface area contributed by atoms with E-state index < -0.39 is 0 Å². The lowest BCUT2D eigenvalue weighted by molar-refractivity contribution is 0.599. The average Bonchev–Trinajstić information content (AvgIpc) is 2.69. The van der Waals surface area contributed by atoms with Crippen LogP contribution < -0.4 is 5.69 Å². The summed E-state index contributed by atoms with van der Waals surface area (Å²) >= 11 is 5.93. The van der Waals surface area contributed by atoms with E-state index in [0.717, 1.165) is 0 Å². The maximum Gasteiger partial charge on any atom is 0.326 e. The summed E-state index contributed by atoms with van der Waals surface area (Å²) in [7, 11) is 0. The highest BCUT2D eigenvalue weighted by Crippen LogP contribution is 2.18. The van der Waals surface area contributed by atoms with E-state index >= 15 is 0 Å². The number of imidazole rings is 1. The predicted molar refractivity (Wildman–Crippen MR) is 73.1 cm³/mol. The molecular formula is C14H10ClFN2O. The lowest BCUT2D eigenvalue weighted by atomic mass is 10.2. The van der Waals surface area contributed by atoms with E-state index in [4.69, 9.17) is 11.6 Å². The molecule has 3 rings (SSSR count). The number of benzene rings is 2. The second-order valence-corrected chi connectivity index (χ2v) is 4.71. The molecule has 0 saturated heterocycles. The normalized spacial score (nSPS) is 11.1. The number of aromatic nitrogens is 2. The first-order valence-electron chi connectivity index (χ1n) is 5.76. The minimum atomic E-state index is -0.328. The van der Waals surface area contributed by atoms with Gasteiger partial charge in [-0.3, -0.25) is 4.57 Å². The molecule has 0 aliphatic heterocycles. The van der Waals surface area contributed by atoms with Crippen LogP contribution in [-0.4, -0.2) is 9.55 Å². The first-order chi connectivity index (χ1) is 9.15. The zero-order valence-electron chi connectivity index (χ0n) is 9.86. The van der Waals surface area contributed by atoms with Crippen molar-refractivity contribution >= 4 is 22.6 Å². The van der Waals surface area contributed by atoms with Gasteiger partial charge in [0.05, 0.1) is 17.6 Å². The van der Waals surface area contributed by atoms with Crippen LogP contribution in [-0.2, 0) is 6.54 Å². The van der Waals surface area contributed by atoms with Gasteiger partial charge in [0.2, 0.25) is 0 Å². The highest BCUT2D eigenvalue weighted by Gasteiger charge is 2.09. The highest BCUT2D eigenvalue weighted by molar-refractivity contribution is 6.31. The van der Waals surface area contributed by atoms with Gasteiger partial charge < -0.3 is 4.98 Å². The van der Waals surface area contributed by atoms with E-state index in [1.165, 1.54) is 10.6 Å². The Hall–Kier alpha value is -2.07. The van der Waals surface area contributed by atoms with Gasteiger partial charge in [-0.15, -0.1) is 0 Å². The summed E-state index contributed by atoms with van der Waals surface area (Å²) in [6.07, 6.45) is 0. The lowest BCUT2D eigenvalue weighted by Gasteiger charge is -2.05. The van der Waals surface area contributed by atoms with Crippen LogP contribution in [0.4, 0.5) is 4.39 Å². The highest BCUT2D eigenvalue weighted by atomic mass is 35.5. The summed E-state index contributed by atoms with van der Waals surface area (Å²) in [5, 5.41) is 0.536. The summed E-state index contributed by atoms with van der Waals surface area (Å²) < 4.78 is 15.1. The molecule has 0 fully saturated rings. The molecule has 0 aliphatic rings. The Morgan fingerprint density at radius 3 is 2.79 bits per heavy atom. The first kappa shape index (κ1) is 12.0. The summed E-state index contributed by atoms with van der Waals surface area (Å²) in [6, 6.07) is 11.5. The van der Waals surface area contributed by atoms with Crippen LogP contribution in [0.5, 0.6) is 0 Å². The van der Waals surface area contributed by atoms with Crippen LogP contribution in [0.1, 0.15) is 5.56 Å². The molecule has 1 heterocycles. The van der Waals surface area contributed by atoms with E-state index in [9.17, 15) is 9.18 Å². The van der Waals surface area contributed by atoms with Crippen molar-refractivity contribution in [2.75, 3.05) is 0 Å². The molecule has 1 aromatic heterocycles. The second kappa shape index (κ2) is 4.55. The number of fused-ring (bicyclic) bond motifs is 1. The molecule has 0 saturated carbocycles. The average molecular weight is 277 g/mol. The van der Waals surface area contributed by atoms with Crippen LogP contribution in [0.2, 0.25) is 5.02 Å². The zero-order chi connectivity index (χ0) is 13.4. The van der Waals surface area contributed by atoms with E-state index in [0.29, 0.717) is 21.6 Å². The Morgan fingerprint density at radius 2 is 2.00 bits per heavy atom. The Bertz CT molecular complexity index is 807. The molecule has 0 bridgehead atoms. The third-order valence-electron chi connectivity index (χ3n) is 3.02. The molecule has 96 valence electrons. The fraction of sp³-hybridized carbons (Fsp3) is 0.0714. The van der Waals surface area contributed by atoms with E-state index in [-0.39, 0.29) is 18.1 Å². The molecule has 3 aromatic rings. The van der Waals surface area contributed by atoms with E-state index in [1.807, 2.05) is 0 Å². The first-order valence-corrected chi connectivity index (χ1v) is 6.14. The zero-order valence-corrected chi connectivity index (χ0v) is 10.6. The third-order valence-corrected chi connectivity index (χ3v) is 3.26. The van der Waals surface area contributed by atoms with Gasteiger partial charge >= 0.3 is 5.69 Å². The van der Waals surface area contributed by atoms with Gasteiger partial charge in [-0.05, 0) is 24.3 Å².